The van der Waals surface area contributed by atoms with Crippen LogP contribution >= 0.6 is 0 Å². The number of benzene rings is 1. The quantitative estimate of drug-likeness (QED) is 0.738. The SMILES string of the molecule is CC1(CNC(=O)c2ccc(O)cc2)CCCN1. The minimum atomic E-state index is -0.0973. The summed E-state index contributed by atoms with van der Waals surface area (Å²) in [5, 5.41) is 15.5. The van der Waals surface area contributed by atoms with Gasteiger partial charge in [-0.1, -0.05) is 0 Å². The Hall–Kier alpha value is -1.55. The largest absolute Gasteiger partial charge is 0.508 e. The van der Waals surface area contributed by atoms with Crippen molar-refractivity contribution < 1.29 is 9.90 Å². The van der Waals surface area contributed by atoms with Crippen LogP contribution in [0.2, 0.25) is 0 Å². The smallest absolute Gasteiger partial charge is 0.251 e. The Morgan fingerprint density at radius 3 is 2.76 bits per heavy atom. The van der Waals surface area contributed by atoms with Gasteiger partial charge >= 0.3 is 0 Å². The van der Waals surface area contributed by atoms with E-state index in [1.54, 1.807) is 12.1 Å². The predicted octanol–water partition coefficient (Wildman–Crippen LogP) is 1.26. The number of phenolic OH excluding ortho intramolecular Hbond substituents is 1. The first kappa shape index (κ1) is 11.9. The number of rotatable bonds is 3. The van der Waals surface area contributed by atoms with E-state index in [1.807, 2.05) is 0 Å². The van der Waals surface area contributed by atoms with Gasteiger partial charge in [-0.05, 0) is 50.6 Å². The average molecular weight is 234 g/mol. The summed E-state index contributed by atoms with van der Waals surface area (Å²) in [6.07, 6.45) is 2.24. The molecule has 1 aromatic rings. The van der Waals surface area contributed by atoms with E-state index in [9.17, 15) is 4.79 Å². The fraction of sp³-hybridized carbons (Fsp3) is 0.462. The van der Waals surface area contributed by atoms with E-state index in [0.717, 1.165) is 19.4 Å². The molecule has 1 fully saturated rings. The van der Waals surface area contributed by atoms with Crippen molar-refractivity contribution in [2.45, 2.75) is 25.3 Å². The molecule has 1 aromatic carbocycles. The fourth-order valence-corrected chi connectivity index (χ4v) is 2.10. The van der Waals surface area contributed by atoms with Gasteiger partial charge in [0.1, 0.15) is 5.75 Å². The molecule has 1 amide bonds. The highest BCUT2D eigenvalue weighted by Gasteiger charge is 2.28. The summed E-state index contributed by atoms with van der Waals surface area (Å²) >= 11 is 0. The van der Waals surface area contributed by atoms with E-state index in [-0.39, 0.29) is 17.2 Å². The van der Waals surface area contributed by atoms with Crippen molar-refractivity contribution in [2.75, 3.05) is 13.1 Å². The zero-order valence-electron chi connectivity index (χ0n) is 9.99. The predicted molar refractivity (Wildman–Crippen MR) is 66.1 cm³/mol. The second-order valence-electron chi connectivity index (χ2n) is 4.82. The zero-order chi connectivity index (χ0) is 12.3. The summed E-state index contributed by atoms with van der Waals surface area (Å²) in [5.74, 6) is 0.0749. The van der Waals surface area contributed by atoms with Crippen LogP contribution in [-0.4, -0.2) is 29.6 Å². The fourth-order valence-electron chi connectivity index (χ4n) is 2.10. The Bertz CT molecular complexity index is 394. The first-order valence-electron chi connectivity index (χ1n) is 5.91. The lowest BCUT2D eigenvalue weighted by Crippen LogP contribution is -2.47. The summed E-state index contributed by atoms with van der Waals surface area (Å²) in [6.45, 7) is 3.77. The Kier molecular flexibility index (Phi) is 3.33. The molecule has 3 N–H and O–H groups in total. The monoisotopic (exact) mass is 234 g/mol. The number of phenols is 1. The van der Waals surface area contributed by atoms with Gasteiger partial charge in [-0.15, -0.1) is 0 Å². The molecule has 2 rings (SSSR count). The molecule has 1 unspecified atom stereocenters. The van der Waals surface area contributed by atoms with E-state index in [4.69, 9.17) is 5.11 Å². The molecule has 1 aliphatic rings. The lowest BCUT2D eigenvalue weighted by atomic mass is 10.0. The van der Waals surface area contributed by atoms with Crippen molar-refractivity contribution in [3.8, 4) is 5.75 Å². The Labute approximate surface area is 101 Å². The van der Waals surface area contributed by atoms with Gasteiger partial charge in [-0.2, -0.15) is 0 Å². The van der Waals surface area contributed by atoms with Gasteiger partial charge in [0, 0.05) is 17.6 Å². The molecule has 0 aromatic heterocycles. The maximum Gasteiger partial charge on any atom is 0.251 e. The third-order valence-electron chi connectivity index (χ3n) is 3.23. The Morgan fingerprint density at radius 2 is 2.18 bits per heavy atom. The van der Waals surface area contributed by atoms with E-state index < -0.39 is 0 Å². The number of carbonyl (C=O) groups excluding carboxylic acids is 1. The molecular formula is C13H18N2O2. The highest BCUT2D eigenvalue weighted by atomic mass is 16.3. The lowest BCUT2D eigenvalue weighted by molar-refractivity contribution is 0.0942. The number of carbonyl (C=O) groups is 1. The molecule has 4 nitrogen and oxygen atoms in total. The summed E-state index contributed by atoms with van der Waals surface area (Å²) in [7, 11) is 0. The Balaban J connectivity index is 1.91. The summed E-state index contributed by atoms with van der Waals surface area (Å²) in [4.78, 5) is 11.8. The third-order valence-corrected chi connectivity index (χ3v) is 3.23. The first-order valence-corrected chi connectivity index (χ1v) is 5.91. The van der Waals surface area contributed by atoms with Gasteiger partial charge in [0.25, 0.3) is 5.91 Å². The normalized spacial score (nSPS) is 23.6. The second-order valence-corrected chi connectivity index (χ2v) is 4.82. The van der Waals surface area contributed by atoms with E-state index in [1.165, 1.54) is 12.1 Å². The number of nitrogens with one attached hydrogen (secondary N) is 2. The van der Waals surface area contributed by atoms with Gasteiger partial charge in [0.05, 0.1) is 0 Å². The van der Waals surface area contributed by atoms with Gasteiger partial charge in [0.2, 0.25) is 0 Å². The van der Waals surface area contributed by atoms with Gasteiger partial charge in [0.15, 0.2) is 0 Å². The van der Waals surface area contributed by atoms with E-state index in [2.05, 4.69) is 17.6 Å². The van der Waals surface area contributed by atoms with Crippen LogP contribution in [0.1, 0.15) is 30.1 Å². The van der Waals surface area contributed by atoms with E-state index in [0.29, 0.717) is 12.1 Å². The summed E-state index contributed by atoms with van der Waals surface area (Å²) < 4.78 is 0. The highest BCUT2D eigenvalue weighted by molar-refractivity contribution is 5.94. The van der Waals surface area contributed by atoms with Crippen LogP contribution < -0.4 is 10.6 Å². The molecule has 92 valence electrons. The van der Waals surface area contributed by atoms with Crippen molar-refractivity contribution >= 4 is 5.91 Å². The highest BCUT2D eigenvalue weighted by Crippen LogP contribution is 2.17. The molecule has 0 saturated carbocycles. The molecule has 1 saturated heterocycles. The molecule has 0 aliphatic carbocycles. The second kappa shape index (κ2) is 4.75. The number of hydrogen-bond acceptors (Lipinski definition) is 3. The minimum Gasteiger partial charge on any atom is -0.508 e. The average Bonchev–Trinajstić information content (AvgIpc) is 2.75. The van der Waals surface area contributed by atoms with Crippen LogP contribution in [0.4, 0.5) is 0 Å². The van der Waals surface area contributed by atoms with Crippen molar-refractivity contribution in [1.82, 2.24) is 10.6 Å². The summed E-state index contributed by atoms with van der Waals surface area (Å²) in [5.41, 5.74) is 0.594. The number of aromatic hydroxyl groups is 1. The first-order chi connectivity index (χ1) is 8.09. The van der Waals surface area contributed by atoms with Crippen LogP contribution in [0.3, 0.4) is 0 Å². The molecular weight excluding hydrogens is 216 g/mol. The van der Waals surface area contributed by atoms with Crippen molar-refractivity contribution in [1.29, 1.82) is 0 Å². The van der Waals surface area contributed by atoms with Gasteiger partial charge < -0.3 is 15.7 Å². The maximum atomic E-state index is 11.8. The van der Waals surface area contributed by atoms with Crippen LogP contribution in [0.15, 0.2) is 24.3 Å². The van der Waals surface area contributed by atoms with Crippen LogP contribution in [0.5, 0.6) is 5.75 Å². The van der Waals surface area contributed by atoms with Crippen molar-refractivity contribution in [3.05, 3.63) is 29.8 Å². The maximum absolute atomic E-state index is 11.8. The standard InChI is InChI=1S/C13H18N2O2/c1-13(7-2-8-15-13)9-14-12(17)10-3-5-11(16)6-4-10/h3-6,15-16H,2,7-9H2,1H3,(H,14,17). The molecule has 0 bridgehead atoms. The van der Waals surface area contributed by atoms with Gasteiger partial charge in [-0.25, -0.2) is 0 Å². The van der Waals surface area contributed by atoms with Crippen molar-refractivity contribution in [3.63, 3.8) is 0 Å². The zero-order valence-corrected chi connectivity index (χ0v) is 9.99. The molecule has 1 atom stereocenters. The molecule has 0 spiro atoms. The number of hydrogen-bond donors (Lipinski definition) is 3. The summed E-state index contributed by atoms with van der Waals surface area (Å²) in [6, 6.07) is 6.28. The van der Waals surface area contributed by atoms with Crippen molar-refractivity contribution in [2.24, 2.45) is 0 Å². The third kappa shape index (κ3) is 2.97. The minimum absolute atomic E-state index is 0.0204. The topological polar surface area (TPSA) is 61.4 Å². The molecule has 1 heterocycles. The van der Waals surface area contributed by atoms with Crippen LogP contribution in [0, 0.1) is 0 Å². The number of amides is 1. The lowest BCUT2D eigenvalue weighted by Gasteiger charge is -2.24. The molecule has 4 heteroatoms. The van der Waals surface area contributed by atoms with Gasteiger partial charge in [-0.3, -0.25) is 4.79 Å². The molecule has 0 radical (unpaired) electrons. The van der Waals surface area contributed by atoms with Crippen LogP contribution in [-0.2, 0) is 0 Å². The molecule has 1 aliphatic heterocycles. The van der Waals surface area contributed by atoms with Crippen LogP contribution in [0.25, 0.3) is 0 Å². The molecule has 17 heavy (non-hydrogen) atoms. The Morgan fingerprint density at radius 1 is 1.47 bits per heavy atom. The van der Waals surface area contributed by atoms with E-state index >= 15 is 0 Å².